The van der Waals surface area contributed by atoms with Crippen LogP contribution in [0.15, 0.2) is 23.2 Å². The Morgan fingerprint density at radius 1 is 1.13 bits per heavy atom. The molecule has 0 aromatic heterocycles. The Labute approximate surface area is 197 Å². The molecule has 1 aliphatic rings. The van der Waals surface area contributed by atoms with Crippen molar-refractivity contribution in [2.45, 2.75) is 45.6 Å². The molecule has 7 nitrogen and oxygen atoms in total. The second-order valence-corrected chi connectivity index (χ2v) is 7.43. The number of ether oxygens (including phenoxy) is 2. The monoisotopic (exact) mass is 532 g/mol. The summed E-state index contributed by atoms with van der Waals surface area (Å²) < 4.78 is 11.0. The summed E-state index contributed by atoms with van der Waals surface area (Å²) in [5, 5.41) is 9.63. The Bertz CT molecular complexity index is 666. The van der Waals surface area contributed by atoms with E-state index in [1.54, 1.807) is 14.2 Å². The number of amides is 1. The van der Waals surface area contributed by atoms with Crippen LogP contribution in [0.3, 0.4) is 0 Å². The highest BCUT2D eigenvalue weighted by atomic mass is 127. The topological polar surface area (TPSA) is 84.0 Å². The van der Waals surface area contributed by atoms with Gasteiger partial charge in [0.1, 0.15) is 5.75 Å². The third-order valence-electron chi connectivity index (χ3n) is 5.06. The van der Waals surface area contributed by atoms with Gasteiger partial charge in [0.15, 0.2) is 5.96 Å². The molecule has 1 amide bonds. The predicted molar refractivity (Wildman–Crippen MR) is 132 cm³/mol. The molecule has 0 radical (unpaired) electrons. The van der Waals surface area contributed by atoms with Gasteiger partial charge in [0, 0.05) is 58.3 Å². The quantitative estimate of drug-likeness (QED) is 0.167. The second-order valence-electron chi connectivity index (χ2n) is 7.43. The molecular formula is C22H37IN4O3. The van der Waals surface area contributed by atoms with Gasteiger partial charge in [0.2, 0.25) is 5.91 Å². The summed E-state index contributed by atoms with van der Waals surface area (Å²) in [4.78, 5) is 16.1. The van der Waals surface area contributed by atoms with E-state index >= 15 is 0 Å². The molecule has 1 saturated carbocycles. The number of benzene rings is 1. The molecule has 170 valence electrons. The van der Waals surface area contributed by atoms with E-state index in [0.29, 0.717) is 26.3 Å². The van der Waals surface area contributed by atoms with E-state index in [1.165, 1.54) is 12.0 Å². The van der Waals surface area contributed by atoms with Gasteiger partial charge in [-0.15, -0.1) is 24.0 Å². The van der Waals surface area contributed by atoms with Crippen molar-refractivity contribution in [3.63, 3.8) is 0 Å². The standard InChI is InChI=1S/C22H36N4O3.HI/c1-17-9-10-19(20(15-17)29-14-6-13-28-3)16-26-22(23-2)25-12-5-11-24-21(27)18-7-4-8-18;/h9-10,15,18H,4-8,11-14,16H2,1-3H3,(H,24,27)(H2,23,25,26);1H. The predicted octanol–water partition coefficient (Wildman–Crippen LogP) is 3.00. The van der Waals surface area contributed by atoms with Crippen LogP contribution in [-0.2, 0) is 16.1 Å². The molecule has 0 aliphatic heterocycles. The lowest BCUT2D eigenvalue weighted by Crippen LogP contribution is -2.39. The fraction of sp³-hybridized carbons (Fsp3) is 0.636. The highest BCUT2D eigenvalue weighted by molar-refractivity contribution is 14.0. The minimum Gasteiger partial charge on any atom is -0.493 e. The first-order chi connectivity index (χ1) is 14.1. The number of guanidine groups is 1. The number of rotatable bonds is 12. The molecule has 8 heteroatoms. The molecule has 0 heterocycles. The van der Waals surface area contributed by atoms with Crippen LogP contribution < -0.4 is 20.7 Å². The lowest BCUT2D eigenvalue weighted by Gasteiger charge is -2.24. The Morgan fingerprint density at radius 2 is 1.90 bits per heavy atom. The van der Waals surface area contributed by atoms with Crippen molar-refractivity contribution < 1.29 is 14.3 Å². The summed E-state index contributed by atoms with van der Waals surface area (Å²) in [6, 6.07) is 6.22. The van der Waals surface area contributed by atoms with Gasteiger partial charge < -0.3 is 25.4 Å². The van der Waals surface area contributed by atoms with Gasteiger partial charge in [-0.3, -0.25) is 9.79 Å². The van der Waals surface area contributed by atoms with Gasteiger partial charge in [0.25, 0.3) is 0 Å². The minimum atomic E-state index is 0. The lowest BCUT2D eigenvalue weighted by molar-refractivity contribution is -0.127. The number of carbonyl (C=O) groups excluding carboxylic acids is 1. The zero-order chi connectivity index (χ0) is 20.9. The van der Waals surface area contributed by atoms with Gasteiger partial charge in [-0.05, 0) is 37.8 Å². The van der Waals surface area contributed by atoms with E-state index in [0.717, 1.165) is 49.5 Å². The fourth-order valence-electron chi connectivity index (χ4n) is 3.05. The van der Waals surface area contributed by atoms with Crippen LogP contribution in [0.2, 0.25) is 0 Å². The fourth-order valence-corrected chi connectivity index (χ4v) is 3.05. The largest absolute Gasteiger partial charge is 0.493 e. The van der Waals surface area contributed by atoms with E-state index in [-0.39, 0.29) is 35.8 Å². The number of aryl methyl sites for hydroxylation is 1. The molecular weight excluding hydrogens is 495 g/mol. The van der Waals surface area contributed by atoms with Crippen molar-refractivity contribution in [3.8, 4) is 5.75 Å². The van der Waals surface area contributed by atoms with E-state index in [9.17, 15) is 4.79 Å². The molecule has 3 N–H and O–H groups in total. The average Bonchev–Trinajstić information content (AvgIpc) is 2.67. The van der Waals surface area contributed by atoms with Crippen molar-refractivity contribution in [2.75, 3.05) is 40.5 Å². The number of aliphatic imine (C=N–C) groups is 1. The highest BCUT2D eigenvalue weighted by Crippen LogP contribution is 2.26. The molecule has 0 unspecified atom stereocenters. The molecule has 1 fully saturated rings. The van der Waals surface area contributed by atoms with Gasteiger partial charge in [-0.1, -0.05) is 18.6 Å². The first kappa shape index (κ1) is 26.5. The normalized spacial score (nSPS) is 13.8. The highest BCUT2D eigenvalue weighted by Gasteiger charge is 2.24. The smallest absolute Gasteiger partial charge is 0.223 e. The van der Waals surface area contributed by atoms with Gasteiger partial charge in [-0.25, -0.2) is 0 Å². The third-order valence-corrected chi connectivity index (χ3v) is 5.06. The summed E-state index contributed by atoms with van der Waals surface area (Å²) in [6.45, 7) is 5.44. The van der Waals surface area contributed by atoms with Crippen molar-refractivity contribution >= 4 is 35.8 Å². The second kappa shape index (κ2) is 15.3. The number of hydrogen-bond acceptors (Lipinski definition) is 4. The molecule has 2 rings (SSSR count). The SMILES string of the molecule is CN=C(NCCCNC(=O)C1CCC1)NCc1ccc(C)cc1OCCCOC.I. The summed E-state index contributed by atoms with van der Waals surface area (Å²) in [6.07, 6.45) is 4.98. The summed E-state index contributed by atoms with van der Waals surface area (Å²) in [5.74, 6) is 2.08. The van der Waals surface area contributed by atoms with E-state index in [1.807, 2.05) is 0 Å². The van der Waals surface area contributed by atoms with Gasteiger partial charge >= 0.3 is 0 Å². The number of methoxy groups -OCH3 is 1. The molecule has 30 heavy (non-hydrogen) atoms. The third kappa shape index (κ3) is 9.51. The number of hydrogen-bond donors (Lipinski definition) is 3. The molecule has 0 saturated heterocycles. The maximum Gasteiger partial charge on any atom is 0.223 e. The maximum absolute atomic E-state index is 11.8. The number of carbonyl (C=O) groups is 1. The van der Waals surface area contributed by atoms with Gasteiger partial charge in [-0.2, -0.15) is 0 Å². The summed E-state index contributed by atoms with van der Waals surface area (Å²) in [5.41, 5.74) is 2.26. The van der Waals surface area contributed by atoms with Crippen molar-refractivity contribution in [2.24, 2.45) is 10.9 Å². The molecule has 1 aliphatic carbocycles. The molecule has 1 aromatic rings. The van der Waals surface area contributed by atoms with Crippen LogP contribution in [0.4, 0.5) is 0 Å². The van der Waals surface area contributed by atoms with Crippen LogP contribution in [0.1, 0.15) is 43.2 Å². The Balaban J connectivity index is 0.00000450. The Hall–Kier alpha value is -1.55. The summed E-state index contributed by atoms with van der Waals surface area (Å²) in [7, 11) is 3.45. The Morgan fingerprint density at radius 3 is 2.57 bits per heavy atom. The number of halogens is 1. The van der Waals surface area contributed by atoms with Crippen LogP contribution in [0.25, 0.3) is 0 Å². The molecule has 1 aromatic carbocycles. The zero-order valence-electron chi connectivity index (χ0n) is 18.5. The lowest BCUT2D eigenvalue weighted by atomic mass is 9.85. The van der Waals surface area contributed by atoms with Crippen molar-refractivity contribution in [1.29, 1.82) is 0 Å². The maximum atomic E-state index is 11.8. The zero-order valence-corrected chi connectivity index (χ0v) is 20.8. The molecule has 0 spiro atoms. The van der Waals surface area contributed by atoms with Crippen LogP contribution in [-0.4, -0.2) is 52.3 Å². The molecule has 0 bridgehead atoms. The first-order valence-electron chi connectivity index (χ1n) is 10.6. The van der Waals surface area contributed by atoms with Gasteiger partial charge in [0.05, 0.1) is 6.61 Å². The van der Waals surface area contributed by atoms with Crippen molar-refractivity contribution in [3.05, 3.63) is 29.3 Å². The van der Waals surface area contributed by atoms with E-state index in [2.05, 4.69) is 46.1 Å². The molecule has 0 atom stereocenters. The number of nitrogens with one attached hydrogen (secondary N) is 3. The average molecular weight is 532 g/mol. The van der Waals surface area contributed by atoms with Crippen LogP contribution in [0, 0.1) is 12.8 Å². The summed E-state index contributed by atoms with van der Waals surface area (Å²) >= 11 is 0. The Kier molecular flexibility index (Phi) is 13.5. The first-order valence-corrected chi connectivity index (χ1v) is 10.6. The van der Waals surface area contributed by atoms with Crippen LogP contribution in [0.5, 0.6) is 5.75 Å². The number of nitrogens with zero attached hydrogens (tertiary/aromatic N) is 1. The van der Waals surface area contributed by atoms with Crippen molar-refractivity contribution in [1.82, 2.24) is 16.0 Å². The van der Waals surface area contributed by atoms with E-state index in [4.69, 9.17) is 9.47 Å². The van der Waals surface area contributed by atoms with Crippen LogP contribution >= 0.6 is 24.0 Å². The minimum absolute atomic E-state index is 0. The van der Waals surface area contributed by atoms with E-state index < -0.39 is 0 Å².